The third-order valence-electron chi connectivity index (χ3n) is 31.1. The molecular weight excluding hydrogens is 1780 g/mol. The standard InChI is InChI=1S/C140H135BN6/c1-134(2,3)101-54-62-123-114(78-101)115-79-102(135(4,5)6)55-63-124(115)142(123)86-90-52-60-121-129(70-90)145(89-120-112(95-44-32-24-33-45-95)82-107(140(19,20)21)83-113(120)96-46-34-25-35-47-96)132-72-92(71-131-133(132)141(121)122-61-53-97(100-74-105(138(13,14)15)77-106(75-100)139(16,17)18)76-130(122)144(131)87-91-68-98(93-40-28-22-29-41-93)73-99(69-91)94-42-30-23-31-43-94)88-143-125-66-58-110(146(108-48-36-26-37-49-108)109-50-38-27-39-51-109)84-118(125)119-85-111(59-67-126(119)143)147-127-64-56-103(136(7,8)9)80-116(127)117-81-104(137(10,11)12)57-65-128(117)147/h22-85H,86-89H2,1-21H3/i26D,36D,37D,48D,49D,59D,67D,85D. The van der Waals surface area contributed by atoms with Crippen molar-refractivity contribution in [2.45, 2.75) is 209 Å². The van der Waals surface area contributed by atoms with Crippen LogP contribution < -0.4 is 31.1 Å². The van der Waals surface area contributed by atoms with Crippen molar-refractivity contribution >= 4 is 128 Å². The molecule has 23 rings (SSSR count). The zero-order valence-electron chi connectivity index (χ0n) is 96.9. The summed E-state index contributed by atoms with van der Waals surface area (Å²) >= 11 is 0. The van der Waals surface area contributed by atoms with E-state index in [1.54, 1.807) is 4.90 Å². The van der Waals surface area contributed by atoms with Crippen LogP contribution in [0.4, 0.5) is 39.8 Å². The number of hydrogen-bond donors (Lipinski definition) is 0. The Morgan fingerprint density at radius 2 is 0.633 bits per heavy atom. The maximum Gasteiger partial charge on any atom is 0.252 e. The highest BCUT2D eigenvalue weighted by molar-refractivity contribution is 7.00. The molecule has 2 aliphatic heterocycles. The maximum atomic E-state index is 11.6. The van der Waals surface area contributed by atoms with Crippen molar-refractivity contribution < 1.29 is 11.0 Å². The Labute approximate surface area is 882 Å². The first-order valence-corrected chi connectivity index (χ1v) is 52.4. The highest BCUT2D eigenvalue weighted by Crippen LogP contribution is 2.51. The number of aromatic nitrogens is 3. The summed E-state index contributed by atoms with van der Waals surface area (Å²) in [6, 6.07) is 123. The first-order chi connectivity index (χ1) is 73.6. The average molecular weight is 1920 g/mol. The fourth-order valence-electron chi connectivity index (χ4n) is 22.8. The highest BCUT2D eigenvalue weighted by Gasteiger charge is 2.45. The molecule has 0 N–H and O–H groups in total. The van der Waals surface area contributed by atoms with E-state index in [0.29, 0.717) is 52.8 Å². The van der Waals surface area contributed by atoms with Crippen LogP contribution in [0.2, 0.25) is 0 Å². The summed E-state index contributed by atoms with van der Waals surface area (Å²) in [7, 11) is 0. The van der Waals surface area contributed by atoms with E-state index in [1.165, 1.54) is 49.6 Å². The summed E-state index contributed by atoms with van der Waals surface area (Å²) in [5, 5.41) is 5.37. The minimum absolute atomic E-state index is 0.0246. The van der Waals surface area contributed by atoms with Crippen molar-refractivity contribution in [2.24, 2.45) is 0 Å². The second-order valence-electron chi connectivity index (χ2n) is 48.5. The minimum atomic E-state index is -0.513. The first kappa shape index (κ1) is 86.2. The van der Waals surface area contributed by atoms with Crippen LogP contribution in [0.1, 0.15) is 218 Å². The Morgan fingerprint density at radius 1 is 0.245 bits per heavy atom. The summed E-state index contributed by atoms with van der Waals surface area (Å²) in [6.07, 6.45) is 0. The van der Waals surface area contributed by atoms with E-state index in [4.69, 9.17) is 1.37 Å². The van der Waals surface area contributed by atoms with Crippen LogP contribution in [-0.4, -0.2) is 20.4 Å². The zero-order chi connectivity index (χ0) is 109. The van der Waals surface area contributed by atoms with Crippen LogP contribution in [0.5, 0.6) is 0 Å². The van der Waals surface area contributed by atoms with Gasteiger partial charge in [-0.2, -0.15) is 0 Å². The Hall–Kier alpha value is -15.2. The fourth-order valence-corrected chi connectivity index (χ4v) is 22.8. The van der Waals surface area contributed by atoms with Crippen molar-refractivity contribution in [3.05, 3.63) is 449 Å². The molecule has 7 heteroatoms. The van der Waals surface area contributed by atoms with Gasteiger partial charge in [0.05, 0.1) is 22.0 Å². The molecule has 0 fully saturated rings. The Balaban J connectivity index is 0.857. The van der Waals surface area contributed by atoms with E-state index >= 15 is 0 Å². The van der Waals surface area contributed by atoms with Gasteiger partial charge >= 0.3 is 0 Å². The van der Waals surface area contributed by atoms with Crippen molar-refractivity contribution in [3.8, 4) is 61.3 Å². The van der Waals surface area contributed by atoms with E-state index in [0.717, 1.165) is 150 Å². The van der Waals surface area contributed by atoms with Gasteiger partial charge in [-0.15, -0.1) is 0 Å². The lowest BCUT2D eigenvalue weighted by Gasteiger charge is -2.45. The average Bonchev–Trinajstić information content (AvgIpc) is 1.67. The van der Waals surface area contributed by atoms with Gasteiger partial charge in [0.2, 0.25) is 0 Å². The van der Waals surface area contributed by atoms with E-state index in [2.05, 4.69) is 460 Å². The van der Waals surface area contributed by atoms with Crippen molar-refractivity contribution in [1.82, 2.24) is 13.7 Å². The molecule has 0 saturated heterocycles. The van der Waals surface area contributed by atoms with Gasteiger partial charge in [0.25, 0.3) is 6.71 Å². The Bertz CT molecular complexity index is 8950. The molecule has 3 aromatic heterocycles. The molecule has 0 radical (unpaired) electrons. The van der Waals surface area contributed by atoms with Crippen molar-refractivity contribution in [2.75, 3.05) is 14.7 Å². The van der Waals surface area contributed by atoms with Gasteiger partial charge in [0.15, 0.2) is 0 Å². The number of nitrogens with zero attached hydrogens (tertiary/aromatic N) is 6. The molecule has 0 atom stereocenters. The normalized spacial score (nSPS) is 13.9. The summed E-state index contributed by atoms with van der Waals surface area (Å²) < 4.78 is 88.1. The Kier molecular flexibility index (Phi) is 21.0. The van der Waals surface area contributed by atoms with Gasteiger partial charge in [0, 0.05) is 126 Å². The molecule has 2 aliphatic rings. The highest BCUT2D eigenvalue weighted by atomic mass is 15.2. The topological polar surface area (TPSA) is 24.5 Å². The van der Waals surface area contributed by atoms with E-state index in [-0.39, 0.29) is 92.7 Å². The molecular formula is C140H135BN6. The predicted octanol–water partition coefficient (Wildman–Crippen LogP) is 35.8. The van der Waals surface area contributed by atoms with E-state index < -0.39 is 18.1 Å². The summed E-state index contributed by atoms with van der Waals surface area (Å²) in [5.74, 6) is 0. The predicted molar refractivity (Wildman–Crippen MR) is 633 cm³/mol. The largest absolute Gasteiger partial charge is 0.338 e. The number of benzene rings is 18. The molecule has 5 heterocycles. The second-order valence-corrected chi connectivity index (χ2v) is 48.5. The van der Waals surface area contributed by atoms with E-state index in [9.17, 15) is 9.60 Å². The zero-order valence-corrected chi connectivity index (χ0v) is 88.9. The molecule has 147 heavy (non-hydrogen) atoms. The summed E-state index contributed by atoms with van der Waals surface area (Å²) in [4.78, 5) is 7.05. The molecule has 0 spiro atoms. The van der Waals surface area contributed by atoms with Gasteiger partial charge in [-0.05, 0) is 323 Å². The van der Waals surface area contributed by atoms with Gasteiger partial charge in [-0.25, -0.2) is 0 Å². The molecule has 728 valence electrons. The van der Waals surface area contributed by atoms with E-state index in [1.807, 2.05) is 48.5 Å². The van der Waals surface area contributed by atoms with Crippen LogP contribution in [0.25, 0.3) is 127 Å². The minimum Gasteiger partial charge on any atom is -0.338 e. The SMILES string of the molecule is [2H]c1c([2H])c([2H])c(N(c2ccccc2)c2ccc3c(c2)c2c([2H])c(-n4c5ccc(C(C)(C)C)cc5c5cc(C(C)(C)C)ccc54)c([2H])c([2H])c2n3Cc2cc3c4c(c2)N(Cc2c(-c5ccccc5)cc(C(C)(C)C)cc2-c2ccccc2)c2cc(Cn5c6ccc(C(C)(C)C)cc6c6cc(C(C)(C)C)ccc65)ccc2B4c2ccc(-c4cc(C(C)(C)C)cc(C(C)(C)C)c4)cc2N3Cc2cc(-c3ccccc3)cc(-c3ccccc3)c2)c([2H])c1[2H]. The van der Waals surface area contributed by atoms with Gasteiger partial charge in [-0.1, -0.05) is 382 Å². The monoisotopic (exact) mass is 1920 g/mol. The first-order valence-electron chi connectivity index (χ1n) is 56.4. The molecule has 0 amide bonds. The van der Waals surface area contributed by atoms with Crippen LogP contribution in [0.15, 0.2) is 388 Å². The van der Waals surface area contributed by atoms with Crippen molar-refractivity contribution in [3.63, 3.8) is 0 Å². The lowest BCUT2D eigenvalue weighted by molar-refractivity contribution is 0.569. The molecule has 0 unspecified atom stereocenters. The maximum absolute atomic E-state index is 11.6. The van der Waals surface area contributed by atoms with Crippen LogP contribution in [-0.2, 0) is 64.1 Å². The quantitative estimate of drug-likeness (QED) is 0.0850. The van der Waals surface area contributed by atoms with Crippen LogP contribution in [0, 0.1) is 0 Å². The lowest BCUT2D eigenvalue weighted by Crippen LogP contribution is -2.62. The molecule has 0 saturated carbocycles. The second kappa shape index (κ2) is 35.9. The molecule has 0 bridgehead atoms. The van der Waals surface area contributed by atoms with Crippen LogP contribution >= 0.6 is 0 Å². The number of anilines is 7. The number of para-hydroxylation sites is 2. The Morgan fingerprint density at radius 3 is 1.12 bits per heavy atom. The number of fused-ring (bicyclic) bond motifs is 13. The summed E-state index contributed by atoms with van der Waals surface area (Å²) in [6.45, 7) is 49.2. The smallest absolute Gasteiger partial charge is 0.252 e. The number of hydrogen-bond acceptors (Lipinski definition) is 3. The van der Waals surface area contributed by atoms with Crippen molar-refractivity contribution in [1.29, 1.82) is 0 Å². The summed E-state index contributed by atoms with van der Waals surface area (Å²) in [5.41, 5.74) is 36.1. The van der Waals surface area contributed by atoms with Gasteiger partial charge < -0.3 is 28.4 Å². The molecule has 6 nitrogen and oxygen atoms in total. The van der Waals surface area contributed by atoms with Gasteiger partial charge in [-0.3, -0.25) is 0 Å². The van der Waals surface area contributed by atoms with Crippen LogP contribution in [0.3, 0.4) is 0 Å². The third kappa shape index (κ3) is 17.6. The third-order valence-corrected chi connectivity index (χ3v) is 31.1. The molecule has 18 aromatic carbocycles. The fraction of sp³-hybridized carbons (Fsp3) is 0.229. The number of rotatable bonds is 17. The lowest BCUT2D eigenvalue weighted by atomic mass is 9.33. The molecule has 21 aromatic rings. The van der Waals surface area contributed by atoms with Gasteiger partial charge in [0.1, 0.15) is 0 Å². The molecule has 0 aliphatic carbocycles.